The molecule has 0 aliphatic carbocycles. The number of amides is 1. The molecule has 1 aromatic heterocycles. The molecule has 0 aliphatic heterocycles. The molecule has 0 fully saturated rings. The van der Waals surface area contributed by atoms with Crippen molar-refractivity contribution >= 4 is 35.3 Å². The number of aromatic nitrogens is 1. The number of halogens is 2. The Kier molecular flexibility index (Phi) is 6.06. The number of carbonyl (C=O) groups is 1. The minimum absolute atomic E-state index is 0.00257. The third-order valence-electron chi connectivity index (χ3n) is 3.74. The Bertz CT molecular complexity index is 1060. The molecule has 1 N–H and O–H groups in total. The first-order valence-corrected chi connectivity index (χ1v) is 8.81. The lowest BCUT2D eigenvalue weighted by Crippen LogP contribution is -2.30. The second-order valence-corrected chi connectivity index (χ2v) is 6.61. The van der Waals surface area contributed by atoms with Crippen LogP contribution in [-0.2, 0) is 6.54 Å². The van der Waals surface area contributed by atoms with Crippen LogP contribution in [0.25, 0.3) is 0 Å². The van der Waals surface area contributed by atoms with E-state index in [1.807, 2.05) is 12.1 Å². The molecule has 136 valence electrons. The van der Waals surface area contributed by atoms with Gasteiger partial charge in [-0.15, -0.1) is 0 Å². The summed E-state index contributed by atoms with van der Waals surface area (Å²) in [5, 5.41) is 5.03. The first kappa shape index (κ1) is 18.9. The van der Waals surface area contributed by atoms with Crippen molar-refractivity contribution in [2.75, 3.05) is 0 Å². The fraction of sp³-hybridized carbons (Fsp3) is 0.0500. The lowest BCUT2D eigenvalue weighted by atomic mass is 10.2. The second kappa shape index (κ2) is 8.66. The molecule has 2 aromatic carbocycles. The van der Waals surface area contributed by atoms with Crippen molar-refractivity contribution in [3.05, 3.63) is 104 Å². The van der Waals surface area contributed by atoms with Gasteiger partial charge in [-0.2, -0.15) is 5.10 Å². The maximum absolute atomic E-state index is 12.6. The summed E-state index contributed by atoms with van der Waals surface area (Å²) < 4.78 is 1.45. The summed E-state index contributed by atoms with van der Waals surface area (Å²) in [6.45, 7) is 0.312. The molecule has 0 saturated heterocycles. The molecule has 3 aromatic rings. The van der Waals surface area contributed by atoms with Gasteiger partial charge in [-0.05, 0) is 47.5 Å². The van der Waals surface area contributed by atoms with Gasteiger partial charge in [0.2, 0.25) is 0 Å². The summed E-state index contributed by atoms with van der Waals surface area (Å²) in [5.74, 6) is -0.585. The van der Waals surface area contributed by atoms with Gasteiger partial charge in [0.15, 0.2) is 0 Å². The first-order valence-electron chi connectivity index (χ1n) is 8.06. The Hall–Kier alpha value is -2.89. The second-order valence-electron chi connectivity index (χ2n) is 5.74. The number of pyridine rings is 1. The molecule has 0 saturated carbocycles. The molecular weight excluding hydrogens is 385 g/mol. The predicted molar refractivity (Wildman–Crippen MR) is 108 cm³/mol. The Balaban J connectivity index is 1.74. The smallest absolute Gasteiger partial charge is 0.276 e. The average molecular weight is 400 g/mol. The fourth-order valence-electron chi connectivity index (χ4n) is 2.48. The van der Waals surface area contributed by atoms with Crippen LogP contribution >= 0.6 is 23.2 Å². The van der Waals surface area contributed by atoms with Crippen molar-refractivity contribution in [3.8, 4) is 0 Å². The van der Waals surface area contributed by atoms with Crippen molar-refractivity contribution in [1.29, 1.82) is 0 Å². The maximum atomic E-state index is 12.6. The summed E-state index contributed by atoms with van der Waals surface area (Å²) in [6, 6.07) is 17.3. The van der Waals surface area contributed by atoms with Gasteiger partial charge in [0.25, 0.3) is 11.5 Å². The number of carbonyl (C=O) groups excluding carboxylic acids is 1. The third-order valence-corrected chi connectivity index (χ3v) is 4.21. The maximum Gasteiger partial charge on any atom is 0.276 e. The molecule has 5 nitrogen and oxygen atoms in total. The van der Waals surface area contributed by atoms with E-state index in [0.29, 0.717) is 16.6 Å². The monoisotopic (exact) mass is 399 g/mol. The van der Waals surface area contributed by atoms with Gasteiger partial charge in [-0.3, -0.25) is 9.59 Å². The fourth-order valence-corrected chi connectivity index (χ4v) is 2.89. The van der Waals surface area contributed by atoms with E-state index in [0.717, 1.165) is 11.1 Å². The third kappa shape index (κ3) is 5.06. The van der Waals surface area contributed by atoms with Crippen LogP contribution in [0, 0.1) is 0 Å². The van der Waals surface area contributed by atoms with E-state index in [1.54, 1.807) is 48.7 Å². The minimum Gasteiger partial charge on any atom is -0.310 e. The van der Waals surface area contributed by atoms with Crippen molar-refractivity contribution in [2.45, 2.75) is 6.54 Å². The number of hydrazone groups is 1. The molecule has 0 unspecified atom stereocenters. The van der Waals surface area contributed by atoms with Gasteiger partial charge in [0, 0.05) is 16.2 Å². The number of hydrogen-bond acceptors (Lipinski definition) is 3. The van der Waals surface area contributed by atoms with Crippen LogP contribution in [0.2, 0.25) is 10.0 Å². The highest BCUT2D eigenvalue weighted by Gasteiger charge is 2.11. The molecule has 1 amide bonds. The van der Waals surface area contributed by atoms with Crippen LogP contribution in [0.5, 0.6) is 0 Å². The van der Waals surface area contributed by atoms with Crippen LogP contribution in [0.3, 0.4) is 0 Å². The zero-order valence-corrected chi connectivity index (χ0v) is 15.6. The highest BCUT2D eigenvalue weighted by molar-refractivity contribution is 6.31. The van der Waals surface area contributed by atoms with Crippen LogP contribution < -0.4 is 11.0 Å². The van der Waals surface area contributed by atoms with E-state index < -0.39 is 11.5 Å². The van der Waals surface area contributed by atoms with Gasteiger partial charge in [0.1, 0.15) is 5.56 Å². The Labute approximate surface area is 165 Å². The van der Waals surface area contributed by atoms with E-state index in [1.165, 1.54) is 16.8 Å². The molecule has 0 radical (unpaired) electrons. The minimum atomic E-state index is -0.585. The van der Waals surface area contributed by atoms with Crippen molar-refractivity contribution in [2.24, 2.45) is 5.10 Å². The standard InChI is InChI=1S/C20H15Cl2N3O2/c21-16-6-1-4-14(10-16)12-23-24-19(26)18-8-3-9-25(20(18)27)13-15-5-2-7-17(22)11-15/h1-12H,13H2,(H,24,26)/b23-12-. The summed E-state index contributed by atoms with van der Waals surface area (Å²) in [6.07, 6.45) is 3.08. The lowest BCUT2D eigenvalue weighted by molar-refractivity contribution is 0.0953. The van der Waals surface area contributed by atoms with Crippen LogP contribution in [-0.4, -0.2) is 16.7 Å². The number of nitrogens with one attached hydrogen (secondary N) is 1. The Morgan fingerprint density at radius 2 is 1.78 bits per heavy atom. The topological polar surface area (TPSA) is 63.5 Å². The van der Waals surface area contributed by atoms with E-state index in [-0.39, 0.29) is 5.56 Å². The largest absolute Gasteiger partial charge is 0.310 e. The predicted octanol–water partition coefficient (Wildman–Crippen LogP) is 3.97. The molecule has 27 heavy (non-hydrogen) atoms. The van der Waals surface area contributed by atoms with E-state index in [2.05, 4.69) is 10.5 Å². The van der Waals surface area contributed by atoms with Crippen LogP contribution in [0.4, 0.5) is 0 Å². The average Bonchev–Trinajstić information content (AvgIpc) is 2.63. The van der Waals surface area contributed by atoms with E-state index >= 15 is 0 Å². The zero-order valence-electron chi connectivity index (χ0n) is 14.1. The summed E-state index contributed by atoms with van der Waals surface area (Å²) in [7, 11) is 0. The van der Waals surface area contributed by atoms with Gasteiger partial charge in [-0.25, -0.2) is 5.43 Å². The highest BCUT2D eigenvalue weighted by Crippen LogP contribution is 2.11. The number of benzene rings is 2. The summed E-state index contributed by atoms with van der Waals surface area (Å²) >= 11 is 11.9. The van der Waals surface area contributed by atoms with Gasteiger partial charge in [0.05, 0.1) is 12.8 Å². The zero-order chi connectivity index (χ0) is 19.2. The molecular formula is C20H15Cl2N3O2. The molecule has 3 rings (SSSR count). The molecule has 0 atom stereocenters. The SMILES string of the molecule is O=C(N/N=C\c1cccc(Cl)c1)c1cccn(Cc2cccc(Cl)c2)c1=O. The summed E-state index contributed by atoms with van der Waals surface area (Å²) in [4.78, 5) is 24.9. The molecule has 0 bridgehead atoms. The highest BCUT2D eigenvalue weighted by atomic mass is 35.5. The van der Waals surface area contributed by atoms with Crippen molar-refractivity contribution in [3.63, 3.8) is 0 Å². The quantitative estimate of drug-likeness (QED) is 0.521. The first-order chi connectivity index (χ1) is 13.0. The van der Waals surface area contributed by atoms with E-state index in [9.17, 15) is 9.59 Å². The van der Waals surface area contributed by atoms with Crippen molar-refractivity contribution < 1.29 is 4.79 Å². The number of hydrogen-bond donors (Lipinski definition) is 1. The van der Waals surface area contributed by atoms with Crippen LogP contribution in [0.15, 0.2) is 76.8 Å². The number of rotatable bonds is 5. The van der Waals surface area contributed by atoms with Gasteiger partial charge >= 0.3 is 0 Å². The lowest BCUT2D eigenvalue weighted by Gasteiger charge is -2.08. The summed E-state index contributed by atoms with van der Waals surface area (Å²) in [5.41, 5.74) is 3.55. The molecule has 7 heteroatoms. The molecule has 0 spiro atoms. The van der Waals surface area contributed by atoms with Crippen LogP contribution in [0.1, 0.15) is 21.5 Å². The van der Waals surface area contributed by atoms with Gasteiger partial charge < -0.3 is 4.57 Å². The van der Waals surface area contributed by atoms with Crippen molar-refractivity contribution in [1.82, 2.24) is 9.99 Å². The van der Waals surface area contributed by atoms with E-state index in [4.69, 9.17) is 23.2 Å². The Morgan fingerprint density at radius 1 is 1.04 bits per heavy atom. The molecule has 0 aliphatic rings. The van der Waals surface area contributed by atoms with Gasteiger partial charge in [-0.1, -0.05) is 47.5 Å². The Morgan fingerprint density at radius 3 is 2.52 bits per heavy atom. The normalized spacial score (nSPS) is 10.9. The number of nitrogens with zero attached hydrogens (tertiary/aromatic N) is 2. The molecule has 1 heterocycles.